The van der Waals surface area contributed by atoms with Gasteiger partial charge >= 0.3 is 0 Å². The van der Waals surface area contributed by atoms with Gasteiger partial charge in [-0.25, -0.2) is 4.39 Å². The van der Waals surface area contributed by atoms with Crippen LogP contribution in [-0.4, -0.2) is 43.5 Å². The fourth-order valence-electron chi connectivity index (χ4n) is 3.35. The minimum Gasteiger partial charge on any atom is -0.390 e. The molecule has 150 valence electrons. The molecule has 5 nitrogen and oxygen atoms in total. The third-order valence-corrected chi connectivity index (χ3v) is 4.99. The van der Waals surface area contributed by atoms with Crippen LogP contribution in [0.2, 0.25) is 0 Å². The van der Waals surface area contributed by atoms with Gasteiger partial charge in [0, 0.05) is 44.6 Å². The Kier molecular flexibility index (Phi) is 7.23. The van der Waals surface area contributed by atoms with Crippen LogP contribution >= 0.6 is 0 Å². The van der Waals surface area contributed by atoms with Gasteiger partial charge in [-0.05, 0) is 42.7 Å². The summed E-state index contributed by atoms with van der Waals surface area (Å²) in [6.07, 6.45) is 3.40. The van der Waals surface area contributed by atoms with Gasteiger partial charge in [0.05, 0.1) is 0 Å². The van der Waals surface area contributed by atoms with Gasteiger partial charge < -0.3 is 15.1 Å². The maximum atomic E-state index is 13.1. The number of hydrogen-bond acceptors (Lipinski definition) is 4. The van der Waals surface area contributed by atoms with Crippen molar-refractivity contribution < 1.29 is 9.18 Å². The van der Waals surface area contributed by atoms with Crippen molar-refractivity contribution in [1.82, 2.24) is 10.2 Å². The minimum atomic E-state index is -0.261. The van der Waals surface area contributed by atoms with E-state index in [0.29, 0.717) is 32.7 Å². The molecule has 0 aromatic heterocycles. The highest BCUT2D eigenvalue weighted by Crippen LogP contribution is 2.17. The summed E-state index contributed by atoms with van der Waals surface area (Å²) in [6, 6.07) is 18.6. The Bertz CT molecular complexity index is 866. The van der Waals surface area contributed by atoms with Crippen molar-refractivity contribution in [2.24, 2.45) is 0 Å². The molecule has 0 aliphatic carbocycles. The summed E-state index contributed by atoms with van der Waals surface area (Å²) in [5.41, 5.74) is 2.34. The topological polar surface area (TPSA) is 59.4 Å². The number of amides is 1. The highest BCUT2D eigenvalue weighted by molar-refractivity contribution is 5.97. The number of nitriles is 1. The van der Waals surface area contributed by atoms with Gasteiger partial charge in [0.15, 0.2) is 0 Å². The standard InChI is InChI=1S/C23H25FN4O/c24-21-8-10-22(11-9-21)27-13-15-28(16-14-27)23(29)20(17-25)18-26-12-4-7-19-5-2-1-3-6-19/h1-3,5-6,8-11,18,26H,4,7,12-16H2/b20-18-. The van der Waals surface area contributed by atoms with Crippen LogP contribution in [0.25, 0.3) is 0 Å². The van der Waals surface area contributed by atoms with Crippen LogP contribution in [0.15, 0.2) is 66.4 Å². The lowest BCUT2D eigenvalue weighted by Crippen LogP contribution is -2.49. The Hall–Kier alpha value is -3.33. The largest absolute Gasteiger partial charge is 0.390 e. The quantitative estimate of drug-likeness (QED) is 0.447. The van der Waals surface area contributed by atoms with Gasteiger partial charge in [-0.3, -0.25) is 4.79 Å². The number of aryl methyl sites for hydroxylation is 1. The van der Waals surface area contributed by atoms with Gasteiger partial charge in [-0.15, -0.1) is 0 Å². The van der Waals surface area contributed by atoms with E-state index in [1.54, 1.807) is 17.0 Å². The number of carbonyl (C=O) groups excluding carboxylic acids is 1. The Balaban J connectivity index is 1.45. The van der Waals surface area contributed by atoms with E-state index < -0.39 is 0 Å². The molecule has 0 saturated carbocycles. The molecule has 3 rings (SSSR count). The van der Waals surface area contributed by atoms with Crippen molar-refractivity contribution in [3.63, 3.8) is 0 Å². The maximum Gasteiger partial charge on any atom is 0.266 e. The summed E-state index contributed by atoms with van der Waals surface area (Å²) < 4.78 is 13.1. The first-order valence-electron chi connectivity index (χ1n) is 9.85. The highest BCUT2D eigenvalue weighted by atomic mass is 19.1. The van der Waals surface area contributed by atoms with Crippen LogP contribution in [0.1, 0.15) is 12.0 Å². The van der Waals surface area contributed by atoms with Crippen molar-refractivity contribution in [2.45, 2.75) is 12.8 Å². The number of carbonyl (C=O) groups is 1. The van der Waals surface area contributed by atoms with Crippen LogP contribution in [0, 0.1) is 17.1 Å². The highest BCUT2D eigenvalue weighted by Gasteiger charge is 2.23. The molecule has 1 heterocycles. The summed E-state index contributed by atoms with van der Waals surface area (Å²) in [5, 5.41) is 12.5. The number of nitrogens with zero attached hydrogens (tertiary/aromatic N) is 3. The first kappa shape index (κ1) is 20.4. The first-order chi connectivity index (χ1) is 14.2. The fourth-order valence-corrected chi connectivity index (χ4v) is 3.35. The fraction of sp³-hybridized carbons (Fsp3) is 0.304. The van der Waals surface area contributed by atoms with Crippen LogP contribution in [0.4, 0.5) is 10.1 Å². The van der Waals surface area contributed by atoms with E-state index >= 15 is 0 Å². The molecule has 0 bridgehead atoms. The number of halogens is 1. The van der Waals surface area contributed by atoms with Gasteiger partial charge in [-0.2, -0.15) is 5.26 Å². The number of piperazine rings is 1. The SMILES string of the molecule is N#C/C(=C/NCCCc1ccccc1)C(=O)N1CCN(c2ccc(F)cc2)CC1. The second-order valence-electron chi connectivity index (χ2n) is 6.97. The van der Waals surface area contributed by atoms with Crippen molar-refractivity contribution in [2.75, 3.05) is 37.6 Å². The normalized spacial score (nSPS) is 14.4. The number of hydrogen-bond donors (Lipinski definition) is 1. The van der Waals surface area contributed by atoms with Crippen LogP contribution in [-0.2, 0) is 11.2 Å². The Morgan fingerprint density at radius 3 is 2.41 bits per heavy atom. The Morgan fingerprint density at radius 2 is 1.76 bits per heavy atom. The molecular formula is C23H25FN4O. The average Bonchev–Trinajstić information content (AvgIpc) is 2.77. The van der Waals surface area contributed by atoms with Gasteiger partial charge in [-0.1, -0.05) is 30.3 Å². The van der Waals surface area contributed by atoms with E-state index in [1.165, 1.54) is 23.9 Å². The predicted molar refractivity (Wildman–Crippen MR) is 112 cm³/mol. The lowest BCUT2D eigenvalue weighted by atomic mass is 10.1. The third-order valence-electron chi connectivity index (χ3n) is 4.99. The zero-order valence-corrected chi connectivity index (χ0v) is 16.4. The number of nitrogens with one attached hydrogen (secondary N) is 1. The molecular weight excluding hydrogens is 367 g/mol. The van der Waals surface area contributed by atoms with Gasteiger partial charge in [0.25, 0.3) is 5.91 Å². The van der Waals surface area contributed by atoms with Crippen molar-refractivity contribution in [3.8, 4) is 6.07 Å². The Morgan fingerprint density at radius 1 is 1.07 bits per heavy atom. The smallest absolute Gasteiger partial charge is 0.266 e. The summed E-state index contributed by atoms with van der Waals surface area (Å²) >= 11 is 0. The molecule has 1 aliphatic heterocycles. The molecule has 2 aromatic rings. The molecule has 1 fully saturated rings. The van der Waals surface area contributed by atoms with Crippen molar-refractivity contribution in [1.29, 1.82) is 5.26 Å². The van der Waals surface area contributed by atoms with Crippen LogP contribution in [0.3, 0.4) is 0 Å². The lowest BCUT2D eigenvalue weighted by Gasteiger charge is -2.36. The monoisotopic (exact) mass is 392 g/mol. The number of anilines is 1. The molecule has 2 aromatic carbocycles. The number of benzene rings is 2. The summed E-state index contributed by atoms with van der Waals surface area (Å²) in [4.78, 5) is 16.4. The average molecular weight is 392 g/mol. The molecule has 0 atom stereocenters. The molecule has 29 heavy (non-hydrogen) atoms. The van der Waals surface area contributed by atoms with Gasteiger partial charge in [0.2, 0.25) is 0 Å². The molecule has 1 N–H and O–H groups in total. The summed E-state index contributed by atoms with van der Waals surface area (Å²) in [7, 11) is 0. The van der Waals surface area contributed by atoms with E-state index in [9.17, 15) is 14.4 Å². The van der Waals surface area contributed by atoms with E-state index in [1.807, 2.05) is 24.3 Å². The van der Waals surface area contributed by atoms with E-state index in [0.717, 1.165) is 18.5 Å². The molecule has 0 unspecified atom stereocenters. The van der Waals surface area contributed by atoms with Crippen molar-refractivity contribution in [3.05, 3.63) is 77.8 Å². The minimum absolute atomic E-state index is 0.125. The zero-order chi connectivity index (χ0) is 20.5. The summed E-state index contributed by atoms with van der Waals surface area (Å²) in [6.45, 7) is 3.07. The van der Waals surface area contributed by atoms with Crippen LogP contribution in [0.5, 0.6) is 0 Å². The molecule has 1 aliphatic rings. The van der Waals surface area contributed by atoms with Gasteiger partial charge in [0.1, 0.15) is 17.5 Å². The molecule has 0 radical (unpaired) electrons. The van der Waals surface area contributed by atoms with Crippen LogP contribution < -0.4 is 10.2 Å². The maximum absolute atomic E-state index is 13.1. The second-order valence-corrected chi connectivity index (χ2v) is 6.97. The van der Waals surface area contributed by atoms with Crippen molar-refractivity contribution >= 4 is 11.6 Å². The Labute approximate surface area is 171 Å². The predicted octanol–water partition coefficient (Wildman–Crippen LogP) is 3.10. The number of rotatable bonds is 7. The summed E-state index contributed by atoms with van der Waals surface area (Å²) in [5.74, 6) is -0.510. The van der Waals surface area contributed by atoms with E-state index in [4.69, 9.17) is 0 Å². The molecule has 6 heteroatoms. The molecule has 1 saturated heterocycles. The first-order valence-corrected chi connectivity index (χ1v) is 9.85. The molecule has 0 spiro atoms. The lowest BCUT2D eigenvalue weighted by molar-refractivity contribution is -0.127. The third kappa shape index (κ3) is 5.82. The molecule has 1 amide bonds. The zero-order valence-electron chi connectivity index (χ0n) is 16.4. The second kappa shape index (κ2) is 10.3. The van der Waals surface area contributed by atoms with E-state index in [2.05, 4.69) is 22.3 Å². The van der Waals surface area contributed by atoms with E-state index in [-0.39, 0.29) is 17.3 Å².